The van der Waals surface area contributed by atoms with Crippen LogP contribution in [-0.4, -0.2) is 56.7 Å². The maximum Gasteiger partial charge on any atom is 0.181 e. The van der Waals surface area contributed by atoms with Gasteiger partial charge in [-0.15, -0.1) is 0 Å². The topological polar surface area (TPSA) is 30.9 Å². The summed E-state index contributed by atoms with van der Waals surface area (Å²) in [4.78, 5) is 2.53. The van der Waals surface area contributed by atoms with E-state index in [1.807, 2.05) is 0 Å². The molecule has 3 aliphatic heterocycles. The number of hydrogen-bond acceptors (Lipinski definition) is 4. The van der Waals surface area contributed by atoms with E-state index >= 15 is 0 Å². The zero-order valence-electron chi connectivity index (χ0n) is 11.2. The second kappa shape index (κ2) is 5.87. The molecule has 3 rings (SSSR count). The molecule has 4 nitrogen and oxygen atoms in total. The highest BCUT2D eigenvalue weighted by Gasteiger charge is 2.40. The highest BCUT2D eigenvalue weighted by Crippen LogP contribution is 2.30. The number of hydrogen-bond donors (Lipinski definition) is 0. The first-order chi connectivity index (χ1) is 8.86. The molecule has 18 heavy (non-hydrogen) atoms. The Bertz CT molecular complexity index is 260. The summed E-state index contributed by atoms with van der Waals surface area (Å²) in [5.74, 6) is 0.607. The first kappa shape index (κ1) is 12.9. The van der Waals surface area contributed by atoms with Gasteiger partial charge in [0.2, 0.25) is 0 Å². The molecule has 0 aromatic rings. The lowest BCUT2D eigenvalue weighted by molar-refractivity contribution is -0.189. The number of rotatable bonds is 3. The summed E-state index contributed by atoms with van der Waals surface area (Å²) >= 11 is 0. The van der Waals surface area contributed by atoms with Crippen LogP contribution in [0.5, 0.6) is 0 Å². The van der Waals surface area contributed by atoms with Crippen molar-refractivity contribution in [2.24, 2.45) is 5.92 Å². The van der Waals surface area contributed by atoms with Crippen molar-refractivity contribution >= 4 is 0 Å². The van der Waals surface area contributed by atoms with Gasteiger partial charge in [-0.2, -0.15) is 0 Å². The quantitative estimate of drug-likeness (QED) is 0.767. The molecule has 0 N–H and O–H groups in total. The normalized spacial score (nSPS) is 30.0. The van der Waals surface area contributed by atoms with Crippen LogP contribution in [-0.2, 0) is 14.2 Å². The number of piperidine rings is 1. The molecule has 0 amide bonds. The maximum absolute atomic E-state index is 5.82. The van der Waals surface area contributed by atoms with Crippen molar-refractivity contribution in [3.05, 3.63) is 0 Å². The fourth-order valence-corrected chi connectivity index (χ4v) is 3.39. The maximum atomic E-state index is 5.82. The monoisotopic (exact) mass is 255 g/mol. The van der Waals surface area contributed by atoms with Crippen molar-refractivity contribution in [1.82, 2.24) is 4.90 Å². The van der Waals surface area contributed by atoms with Gasteiger partial charge in [0.25, 0.3) is 0 Å². The van der Waals surface area contributed by atoms with E-state index in [0.717, 1.165) is 45.3 Å². The molecule has 0 aromatic heterocycles. The molecule has 0 atom stereocenters. The molecule has 4 heteroatoms. The van der Waals surface area contributed by atoms with Crippen molar-refractivity contribution in [3.63, 3.8) is 0 Å². The van der Waals surface area contributed by atoms with Crippen molar-refractivity contribution < 1.29 is 14.2 Å². The molecular formula is C14H25NO3. The van der Waals surface area contributed by atoms with Crippen LogP contribution in [0.4, 0.5) is 0 Å². The second-order valence-corrected chi connectivity index (χ2v) is 5.83. The van der Waals surface area contributed by atoms with Gasteiger partial charge in [-0.3, -0.25) is 4.90 Å². The summed E-state index contributed by atoms with van der Waals surface area (Å²) in [6.07, 6.45) is 6.06. The molecule has 0 aliphatic carbocycles. The van der Waals surface area contributed by atoms with Crippen molar-refractivity contribution in [3.8, 4) is 0 Å². The Hall–Kier alpha value is -0.160. The SMILES string of the molecule is C1CN(CCC2CCOCC2)CC2(C1)OCCO2. The van der Waals surface area contributed by atoms with Crippen LogP contribution in [0.15, 0.2) is 0 Å². The lowest BCUT2D eigenvalue weighted by Gasteiger charge is -2.39. The molecule has 0 unspecified atom stereocenters. The van der Waals surface area contributed by atoms with Crippen LogP contribution in [0.3, 0.4) is 0 Å². The van der Waals surface area contributed by atoms with Crippen molar-refractivity contribution in [2.45, 2.75) is 37.9 Å². The minimum Gasteiger partial charge on any atom is -0.381 e. The second-order valence-electron chi connectivity index (χ2n) is 5.83. The fraction of sp³-hybridized carbons (Fsp3) is 1.00. The summed E-state index contributed by atoms with van der Waals surface area (Å²) in [6, 6.07) is 0. The Balaban J connectivity index is 1.44. The van der Waals surface area contributed by atoms with Gasteiger partial charge in [0.15, 0.2) is 5.79 Å². The highest BCUT2D eigenvalue weighted by molar-refractivity contribution is 4.84. The Morgan fingerprint density at radius 3 is 2.61 bits per heavy atom. The Kier molecular flexibility index (Phi) is 4.19. The van der Waals surface area contributed by atoms with Crippen LogP contribution < -0.4 is 0 Å². The van der Waals surface area contributed by atoms with Gasteiger partial charge in [-0.05, 0) is 44.7 Å². The van der Waals surface area contributed by atoms with Gasteiger partial charge in [-0.25, -0.2) is 0 Å². The van der Waals surface area contributed by atoms with Gasteiger partial charge < -0.3 is 14.2 Å². The summed E-state index contributed by atoms with van der Waals surface area (Å²) < 4.78 is 17.1. The average Bonchev–Trinajstić information content (AvgIpc) is 2.86. The van der Waals surface area contributed by atoms with E-state index < -0.39 is 0 Å². The average molecular weight is 255 g/mol. The third kappa shape index (κ3) is 3.05. The largest absolute Gasteiger partial charge is 0.381 e. The molecular weight excluding hydrogens is 230 g/mol. The van der Waals surface area contributed by atoms with Gasteiger partial charge >= 0.3 is 0 Å². The van der Waals surface area contributed by atoms with Crippen LogP contribution in [0.2, 0.25) is 0 Å². The van der Waals surface area contributed by atoms with Gasteiger partial charge in [0.1, 0.15) is 0 Å². The Labute approximate surface area is 110 Å². The Morgan fingerprint density at radius 2 is 1.83 bits per heavy atom. The van der Waals surface area contributed by atoms with E-state index in [9.17, 15) is 0 Å². The van der Waals surface area contributed by atoms with E-state index in [2.05, 4.69) is 4.90 Å². The number of ether oxygens (including phenoxy) is 3. The van der Waals surface area contributed by atoms with Crippen LogP contribution in [0, 0.1) is 5.92 Å². The van der Waals surface area contributed by atoms with Crippen LogP contribution in [0.25, 0.3) is 0 Å². The predicted octanol–water partition coefficient (Wildman–Crippen LogP) is 1.64. The molecule has 3 saturated heterocycles. The summed E-state index contributed by atoms with van der Waals surface area (Å²) in [5, 5.41) is 0. The van der Waals surface area contributed by atoms with E-state index in [4.69, 9.17) is 14.2 Å². The molecule has 104 valence electrons. The van der Waals surface area contributed by atoms with Crippen LogP contribution >= 0.6 is 0 Å². The van der Waals surface area contributed by atoms with Crippen molar-refractivity contribution in [1.29, 1.82) is 0 Å². The zero-order valence-corrected chi connectivity index (χ0v) is 11.2. The first-order valence-electron chi connectivity index (χ1n) is 7.44. The predicted molar refractivity (Wildman–Crippen MR) is 68.5 cm³/mol. The third-order valence-electron chi connectivity index (χ3n) is 4.50. The molecule has 3 aliphatic rings. The minimum absolute atomic E-state index is 0.256. The standard InChI is InChI=1S/C14H25NO3/c1-5-14(17-10-11-18-14)12-15(6-1)7-2-13-3-8-16-9-4-13/h13H,1-12H2. The highest BCUT2D eigenvalue weighted by atomic mass is 16.7. The van der Waals surface area contributed by atoms with E-state index in [0.29, 0.717) is 0 Å². The fourth-order valence-electron chi connectivity index (χ4n) is 3.39. The van der Waals surface area contributed by atoms with Crippen molar-refractivity contribution in [2.75, 3.05) is 46.1 Å². The summed E-state index contributed by atoms with van der Waals surface area (Å²) in [7, 11) is 0. The molecule has 3 heterocycles. The lowest BCUT2D eigenvalue weighted by Crippen LogP contribution is -2.49. The molecule has 0 aromatic carbocycles. The smallest absolute Gasteiger partial charge is 0.181 e. The van der Waals surface area contributed by atoms with Gasteiger partial charge in [-0.1, -0.05) is 0 Å². The van der Waals surface area contributed by atoms with E-state index in [1.165, 1.54) is 38.8 Å². The number of nitrogens with zero attached hydrogens (tertiary/aromatic N) is 1. The van der Waals surface area contributed by atoms with Gasteiger partial charge in [0, 0.05) is 19.6 Å². The number of likely N-dealkylation sites (tertiary alicyclic amines) is 1. The molecule has 0 saturated carbocycles. The molecule has 1 spiro atoms. The van der Waals surface area contributed by atoms with Gasteiger partial charge in [0.05, 0.1) is 19.8 Å². The van der Waals surface area contributed by atoms with Crippen LogP contribution in [0.1, 0.15) is 32.1 Å². The molecule has 0 radical (unpaired) electrons. The minimum atomic E-state index is -0.256. The zero-order chi connectivity index (χ0) is 12.3. The Morgan fingerprint density at radius 1 is 1.06 bits per heavy atom. The van der Waals surface area contributed by atoms with E-state index in [1.54, 1.807) is 0 Å². The lowest BCUT2D eigenvalue weighted by atomic mass is 9.95. The molecule has 3 fully saturated rings. The summed E-state index contributed by atoms with van der Waals surface area (Å²) in [5.41, 5.74) is 0. The van der Waals surface area contributed by atoms with E-state index in [-0.39, 0.29) is 5.79 Å². The summed E-state index contributed by atoms with van der Waals surface area (Å²) in [6.45, 7) is 6.83. The first-order valence-corrected chi connectivity index (χ1v) is 7.44. The molecule has 0 bridgehead atoms. The third-order valence-corrected chi connectivity index (χ3v) is 4.50.